The molecule has 5 unspecified atom stereocenters. The zero-order valence-electron chi connectivity index (χ0n) is 13.9. The van der Waals surface area contributed by atoms with Gasteiger partial charge in [-0.25, -0.2) is 0 Å². The first-order chi connectivity index (χ1) is 9.47. The SMILES string of the molecule is CCOC(=O)CC(C)C1CCC(OC(C)CC)CC1C. The van der Waals surface area contributed by atoms with Gasteiger partial charge in [-0.2, -0.15) is 0 Å². The van der Waals surface area contributed by atoms with Crippen molar-refractivity contribution in [2.24, 2.45) is 17.8 Å². The lowest BCUT2D eigenvalue weighted by Crippen LogP contribution is -2.34. The van der Waals surface area contributed by atoms with Gasteiger partial charge in [0.2, 0.25) is 0 Å². The molecule has 0 aromatic rings. The molecule has 118 valence electrons. The second-order valence-electron chi connectivity index (χ2n) is 6.42. The quantitative estimate of drug-likeness (QED) is 0.657. The van der Waals surface area contributed by atoms with E-state index < -0.39 is 0 Å². The first-order valence-electron chi connectivity index (χ1n) is 8.28. The minimum absolute atomic E-state index is 0.0508. The van der Waals surface area contributed by atoms with Gasteiger partial charge in [-0.05, 0) is 57.3 Å². The number of hydrogen-bond acceptors (Lipinski definition) is 3. The van der Waals surface area contributed by atoms with Crippen LogP contribution in [-0.2, 0) is 14.3 Å². The van der Waals surface area contributed by atoms with Crippen LogP contribution in [0.25, 0.3) is 0 Å². The van der Waals surface area contributed by atoms with Crippen molar-refractivity contribution in [3.8, 4) is 0 Å². The van der Waals surface area contributed by atoms with Crippen LogP contribution in [0, 0.1) is 17.8 Å². The van der Waals surface area contributed by atoms with E-state index in [0.717, 1.165) is 19.3 Å². The van der Waals surface area contributed by atoms with Gasteiger partial charge in [0, 0.05) is 6.42 Å². The molecule has 0 aromatic heterocycles. The Bertz CT molecular complexity index is 290. The standard InChI is InChI=1S/C17H32O3/c1-6-14(5)20-15-8-9-16(12(3)10-15)13(4)11-17(18)19-7-2/h12-16H,6-11H2,1-5H3. The molecule has 0 amide bonds. The van der Waals surface area contributed by atoms with E-state index in [1.165, 1.54) is 6.42 Å². The van der Waals surface area contributed by atoms with Crippen molar-refractivity contribution in [3.05, 3.63) is 0 Å². The normalized spacial score (nSPS) is 29.8. The largest absolute Gasteiger partial charge is 0.466 e. The number of ether oxygens (including phenoxy) is 2. The van der Waals surface area contributed by atoms with Crippen LogP contribution >= 0.6 is 0 Å². The second-order valence-corrected chi connectivity index (χ2v) is 6.42. The highest BCUT2D eigenvalue weighted by Crippen LogP contribution is 2.38. The summed E-state index contributed by atoms with van der Waals surface area (Å²) in [5, 5.41) is 0. The van der Waals surface area contributed by atoms with Gasteiger partial charge in [0.25, 0.3) is 0 Å². The number of carbonyl (C=O) groups is 1. The molecule has 3 nitrogen and oxygen atoms in total. The highest BCUT2D eigenvalue weighted by molar-refractivity contribution is 5.69. The summed E-state index contributed by atoms with van der Waals surface area (Å²) in [7, 11) is 0. The van der Waals surface area contributed by atoms with E-state index in [9.17, 15) is 4.79 Å². The molecule has 0 aliphatic heterocycles. The molecule has 0 spiro atoms. The second kappa shape index (κ2) is 8.66. The third-order valence-electron chi connectivity index (χ3n) is 4.71. The van der Waals surface area contributed by atoms with Gasteiger partial charge >= 0.3 is 5.97 Å². The van der Waals surface area contributed by atoms with Gasteiger partial charge in [-0.1, -0.05) is 20.8 Å². The lowest BCUT2D eigenvalue weighted by Gasteiger charge is -2.38. The Labute approximate surface area is 124 Å². The van der Waals surface area contributed by atoms with Crippen molar-refractivity contribution >= 4 is 5.97 Å². The molecule has 0 bridgehead atoms. The van der Waals surface area contributed by atoms with Crippen molar-refractivity contribution in [2.45, 2.75) is 78.9 Å². The van der Waals surface area contributed by atoms with Crippen LogP contribution < -0.4 is 0 Å². The first kappa shape index (κ1) is 17.5. The average molecular weight is 284 g/mol. The Balaban J connectivity index is 2.41. The van der Waals surface area contributed by atoms with Crippen LogP contribution in [0.3, 0.4) is 0 Å². The van der Waals surface area contributed by atoms with E-state index in [0.29, 0.717) is 43.0 Å². The molecular formula is C17H32O3. The molecule has 5 atom stereocenters. The summed E-state index contributed by atoms with van der Waals surface area (Å²) in [6.45, 7) is 11.2. The molecule has 0 heterocycles. The highest BCUT2D eigenvalue weighted by atomic mass is 16.5. The smallest absolute Gasteiger partial charge is 0.306 e. The minimum Gasteiger partial charge on any atom is -0.466 e. The summed E-state index contributed by atoms with van der Waals surface area (Å²) in [5.74, 6) is 1.61. The van der Waals surface area contributed by atoms with Crippen LogP contribution in [0.1, 0.15) is 66.7 Å². The summed E-state index contributed by atoms with van der Waals surface area (Å²) >= 11 is 0. The molecule has 1 fully saturated rings. The lowest BCUT2D eigenvalue weighted by molar-refractivity contribution is -0.145. The molecule has 1 saturated carbocycles. The third kappa shape index (κ3) is 5.43. The van der Waals surface area contributed by atoms with E-state index in [1.807, 2.05) is 6.92 Å². The van der Waals surface area contributed by atoms with E-state index in [2.05, 4.69) is 27.7 Å². The maximum atomic E-state index is 11.6. The van der Waals surface area contributed by atoms with Crippen molar-refractivity contribution in [1.29, 1.82) is 0 Å². The molecule has 0 saturated heterocycles. The Morgan fingerprint density at radius 3 is 2.50 bits per heavy atom. The molecule has 0 radical (unpaired) electrons. The molecule has 3 heteroatoms. The Morgan fingerprint density at radius 1 is 1.25 bits per heavy atom. The van der Waals surface area contributed by atoms with Gasteiger partial charge in [0.15, 0.2) is 0 Å². The van der Waals surface area contributed by atoms with Crippen LogP contribution in [0.15, 0.2) is 0 Å². The summed E-state index contributed by atoms with van der Waals surface area (Å²) in [5.41, 5.74) is 0. The summed E-state index contributed by atoms with van der Waals surface area (Å²) in [4.78, 5) is 11.6. The van der Waals surface area contributed by atoms with E-state index in [4.69, 9.17) is 9.47 Å². The first-order valence-corrected chi connectivity index (χ1v) is 8.28. The monoisotopic (exact) mass is 284 g/mol. The number of hydrogen-bond donors (Lipinski definition) is 0. The Hall–Kier alpha value is -0.570. The predicted octanol–water partition coefficient (Wildman–Crippen LogP) is 4.20. The van der Waals surface area contributed by atoms with E-state index in [1.54, 1.807) is 0 Å². The predicted molar refractivity (Wildman–Crippen MR) is 81.5 cm³/mol. The van der Waals surface area contributed by atoms with Crippen LogP contribution in [0.4, 0.5) is 0 Å². The summed E-state index contributed by atoms with van der Waals surface area (Å²) in [6, 6.07) is 0. The van der Waals surface area contributed by atoms with Gasteiger partial charge < -0.3 is 9.47 Å². The average Bonchev–Trinajstić information content (AvgIpc) is 2.38. The lowest BCUT2D eigenvalue weighted by atomic mass is 9.72. The van der Waals surface area contributed by atoms with Gasteiger partial charge in [0.1, 0.15) is 0 Å². The van der Waals surface area contributed by atoms with Crippen molar-refractivity contribution in [2.75, 3.05) is 6.61 Å². The molecule has 1 aliphatic rings. The van der Waals surface area contributed by atoms with Gasteiger partial charge in [0.05, 0.1) is 18.8 Å². The molecule has 0 aromatic carbocycles. The summed E-state index contributed by atoms with van der Waals surface area (Å²) < 4.78 is 11.1. The number of carbonyl (C=O) groups excluding carboxylic acids is 1. The van der Waals surface area contributed by atoms with E-state index in [-0.39, 0.29) is 5.97 Å². The maximum absolute atomic E-state index is 11.6. The van der Waals surface area contributed by atoms with Crippen molar-refractivity contribution in [3.63, 3.8) is 0 Å². The fourth-order valence-corrected chi connectivity index (χ4v) is 3.40. The summed E-state index contributed by atoms with van der Waals surface area (Å²) in [6.07, 6.45) is 5.83. The fraction of sp³-hybridized carbons (Fsp3) is 0.941. The van der Waals surface area contributed by atoms with Gasteiger partial charge in [-0.15, -0.1) is 0 Å². The molecule has 1 rings (SSSR count). The highest BCUT2D eigenvalue weighted by Gasteiger charge is 2.32. The van der Waals surface area contributed by atoms with Crippen LogP contribution in [-0.4, -0.2) is 24.8 Å². The fourth-order valence-electron chi connectivity index (χ4n) is 3.40. The van der Waals surface area contributed by atoms with E-state index >= 15 is 0 Å². The number of esters is 1. The zero-order valence-corrected chi connectivity index (χ0v) is 13.9. The van der Waals surface area contributed by atoms with Crippen molar-refractivity contribution < 1.29 is 14.3 Å². The van der Waals surface area contributed by atoms with Crippen LogP contribution in [0.5, 0.6) is 0 Å². The Morgan fingerprint density at radius 2 is 1.95 bits per heavy atom. The molecule has 20 heavy (non-hydrogen) atoms. The van der Waals surface area contributed by atoms with Crippen molar-refractivity contribution in [1.82, 2.24) is 0 Å². The Kier molecular flexibility index (Phi) is 7.57. The molecular weight excluding hydrogens is 252 g/mol. The minimum atomic E-state index is -0.0508. The van der Waals surface area contributed by atoms with Crippen LogP contribution in [0.2, 0.25) is 0 Å². The topological polar surface area (TPSA) is 35.5 Å². The number of rotatable bonds is 7. The van der Waals surface area contributed by atoms with Gasteiger partial charge in [-0.3, -0.25) is 4.79 Å². The third-order valence-corrected chi connectivity index (χ3v) is 4.71. The molecule has 1 aliphatic carbocycles. The maximum Gasteiger partial charge on any atom is 0.306 e. The zero-order chi connectivity index (χ0) is 15.1. The molecule has 0 N–H and O–H groups in total.